The molecule has 0 aliphatic rings. The minimum absolute atomic E-state index is 0.0762. The first kappa shape index (κ1) is 17.0. The van der Waals surface area contributed by atoms with Crippen molar-refractivity contribution < 1.29 is 14.3 Å². The van der Waals surface area contributed by atoms with Gasteiger partial charge in [0.2, 0.25) is 5.91 Å². The largest absolute Gasteiger partial charge is 0.461 e. The van der Waals surface area contributed by atoms with Crippen molar-refractivity contribution in [3.05, 3.63) is 11.5 Å². The van der Waals surface area contributed by atoms with Crippen LogP contribution >= 0.6 is 0 Å². The van der Waals surface area contributed by atoms with E-state index in [1.54, 1.807) is 18.4 Å². The molecule has 118 valence electrons. The predicted molar refractivity (Wildman–Crippen MR) is 79.8 cm³/mol. The number of esters is 1. The number of hydrogen-bond acceptors (Lipinski definition) is 5. The van der Waals surface area contributed by atoms with Crippen LogP contribution in [0.25, 0.3) is 0 Å². The number of ether oxygens (including phenoxy) is 1. The molecular formula is C14H24N4O3. The van der Waals surface area contributed by atoms with E-state index in [9.17, 15) is 9.59 Å². The van der Waals surface area contributed by atoms with E-state index < -0.39 is 5.97 Å². The van der Waals surface area contributed by atoms with Gasteiger partial charge in [-0.3, -0.25) is 4.79 Å². The molecule has 0 aromatic carbocycles. The normalized spacial score (nSPS) is 11.3. The Kier molecular flexibility index (Phi) is 5.34. The van der Waals surface area contributed by atoms with Crippen molar-refractivity contribution in [3.63, 3.8) is 0 Å². The molecule has 0 saturated heterocycles. The number of amides is 1. The van der Waals surface area contributed by atoms with E-state index in [1.807, 2.05) is 20.8 Å². The molecule has 7 nitrogen and oxygen atoms in total. The number of carbonyl (C=O) groups excluding carboxylic acids is 2. The number of nitrogens with two attached hydrogens (primary N) is 1. The maximum atomic E-state index is 11.8. The first-order valence-electron chi connectivity index (χ1n) is 6.96. The van der Waals surface area contributed by atoms with Gasteiger partial charge in [0.1, 0.15) is 11.6 Å². The highest BCUT2D eigenvalue weighted by atomic mass is 16.5. The van der Waals surface area contributed by atoms with Crippen LogP contribution in [0.2, 0.25) is 0 Å². The van der Waals surface area contributed by atoms with Gasteiger partial charge in [0, 0.05) is 18.5 Å². The van der Waals surface area contributed by atoms with Crippen LogP contribution in [0.4, 0.5) is 5.82 Å². The van der Waals surface area contributed by atoms with E-state index in [1.165, 1.54) is 0 Å². The molecule has 21 heavy (non-hydrogen) atoms. The van der Waals surface area contributed by atoms with Gasteiger partial charge in [0.25, 0.3) is 0 Å². The molecule has 7 heteroatoms. The van der Waals surface area contributed by atoms with Crippen LogP contribution in [-0.4, -0.2) is 33.6 Å². The van der Waals surface area contributed by atoms with Crippen molar-refractivity contribution in [3.8, 4) is 0 Å². The van der Waals surface area contributed by atoms with Crippen LogP contribution in [-0.2, 0) is 16.1 Å². The summed E-state index contributed by atoms with van der Waals surface area (Å²) in [5.74, 6) is 0.192. The Morgan fingerprint density at radius 2 is 2.00 bits per heavy atom. The summed E-state index contributed by atoms with van der Waals surface area (Å²) in [5.41, 5.74) is 5.74. The molecule has 0 unspecified atom stereocenters. The first-order valence-corrected chi connectivity index (χ1v) is 6.96. The lowest BCUT2D eigenvalue weighted by molar-refractivity contribution is -0.122. The van der Waals surface area contributed by atoms with Crippen molar-refractivity contribution >= 4 is 17.7 Å². The molecule has 0 saturated carbocycles. The quantitative estimate of drug-likeness (QED) is 0.797. The molecule has 1 aromatic rings. The summed E-state index contributed by atoms with van der Waals surface area (Å²) in [4.78, 5) is 27.6. The maximum Gasteiger partial charge on any atom is 0.360 e. The van der Waals surface area contributed by atoms with E-state index in [0.29, 0.717) is 12.4 Å². The van der Waals surface area contributed by atoms with Crippen molar-refractivity contribution in [2.75, 3.05) is 12.3 Å². The summed E-state index contributed by atoms with van der Waals surface area (Å²) >= 11 is 0. The number of nitrogen functional groups attached to an aromatic ring is 1. The van der Waals surface area contributed by atoms with Gasteiger partial charge in [0.05, 0.1) is 6.61 Å². The van der Waals surface area contributed by atoms with Crippen LogP contribution in [0.3, 0.4) is 0 Å². The molecule has 0 bridgehead atoms. The monoisotopic (exact) mass is 296 g/mol. The fourth-order valence-electron chi connectivity index (χ4n) is 1.91. The molecular weight excluding hydrogens is 272 g/mol. The summed E-state index contributed by atoms with van der Waals surface area (Å²) in [7, 11) is 0. The lowest BCUT2D eigenvalue weighted by Crippen LogP contribution is -2.40. The third kappa shape index (κ3) is 4.77. The molecule has 1 aromatic heterocycles. The standard InChI is InChI=1S/C14H24N4O3/c1-6-21-13(20)11-12(15)18(9(2)16-11)8-7-10(19)17-14(3,4)5/h6-8,15H2,1-5H3,(H,17,19). The second-order valence-corrected chi connectivity index (χ2v) is 5.81. The number of anilines is 1. The average Bonchev–Trinajstić information content (AvgIpc) is 2.61. The number of nitrogens with zero attached hydrogens (tertiary/aromatic N) is 2. The van der Waals surface area contributed by atoms with Crippen LogP contribution < -0.4 is 11.1 Å². The number of carbonyl (C=O) groups is 2. The number of aromatic nitrogens is 2. The zero-order valence-electron chi connectivity index (χ0n) is 13.3. The molecule has 0 spiro atoms. The first-order chi connectivity index (χ1) is 9.65. The van der Waals surface area contributed by atoms with Gasteiger partial charge in [-0.1, -0.05) is 0 Å². The zero-order valence-corrected chi connectivity index (χ0v) is 13.3. The van der Waals surface area contributed by atoms with E-state index >= 15 is 0 Å². The molecule has 1 rings (SSSR count). The molecule has 0 radical (unpaired) electrons. The summed E-state index contributed by atoms with van der Waals surface area (Å²) in [6, 6.07) is 0. The van der Waals surface area contributed by atoms with E-state index in [0.717, 1.165) is 0 Å². The highest BCUT2D eigenvalue weighted by Gasteiger charge is 2.20. The topological polar surface area (TPSA) is 99.2 Å². The minimum atomic E-state index is -0.545. The Bertz CT molecular complexity index is 529. The summed E-state index contributed by atoms with van der Waals surface area (Å²) in [5, 5.41) is 2.87. The third-order valence-corrected chi connectivity index (χ3v) is 2.74. The number of hydrogen-bond donors (Lipinski definition) is 2. The number of rotatable bonds is 5. The number of aryl methyl sites for hydroxylation is 1. The maximum absolute atomic E-state index is 11.8. The van der Waals surface area contributed by atoms with Gasteiger partial charge in [-0.15, -0.1) is 0 Å². The van der Waals surface area contributed by atoms with Crippen LogP contribution in [0.15, 0.2) is 0 Å². The fourth-order valence-corrected chi connectivity index (χ4v) is 1.91. The second kappa shape index (κ2) is 6.60. The van der Waals surface area contributed by atoms with Crippen LogP contribution in [0.5, 0.6) is 0 Å². The Balaban J connectivity index is 2.77. The minimum Gasteiger partial charge on any atom is -0.461 e. The lowest BCUT2D eigenvalue weighted by atomic mass is 10.1. The van der Waals surface area contributed by atoms with E-state index in [-0.39, 0.29) is 36.0 Å². The highest BCUT2D eigenvalue weighted by Crippen LogP contribution is 2.16. The Morgan fingerprint density at radius 3 is 2.52 bits per heavy atom. The molecule has 1 amide bonds. The molecule has 0 aliphatic heterocycles. The average molecular weight is 296 g/mol. The van der Waals surface area contributed by atoms with Crippen LogP contribution in [0.1, 0.15) is 50.4 Å². The van der Waals surface area contributed by atoms with Gasteiger partial charge in [0.15, 0.2) is 5.69 Å². The van der Waals surface area contributed by atoms with Gasteiger partial charge in [-0.05, 0) is 34.6 Å². The fraction of sp³-hybridized carbons (Fsp3) is 0.643. The van der Waals surface area contributed by atoms with Gasteiger partial charge in [-0.25, -0.2) is 9.78 Å². The lowest BCUT2D eigenvalue weighted by Gasteiger charge is -2.20. The van der Waals surface area contributed by atoms with Gasteiger partial charge in [-0.2, -0.15) is 0 Å². The molecule has 0 fully saturated rings. The predicted octanol–water partition coefficient (Wildman–Crippen LogP) is 1.26. The summed E-state index contributed by atoms with van der Waals surface area (Å²) < 4.78 is 6.54. The second-order valence-electron chi connectivity index (χ2n) is 5.81. The summed E-state index contributed by atoms with van der Waals surface area (Å²) in [6.07, 6.45) is 0.265. The highest BCUT2D eigenvalue weighted by molar-refractivity contribution is 5.92. The van der Waals surface area contributed by atoms with Crippen molar-refractivity contribution in [2.24, 2.45) is 0 Å². The van der Waals surface area contributed by atoms with Gasteiger partial charge >= 0.3 is 5.97 Å². The SMILES string of the molecule is CCOC(=O)c1nc(C)n(CCC(=O)NC(C)(C)C)c1N. The van der Waals surface area contributed by atoms with Crippen LogP contribution in [0, 0.1) is 6.92 Å². The molecule has 0 atom stereocenters. The number of nitrogens with one attached hydrogen (secondary N) is 1. The molecule has 1 heterocycles. The Morgan fingerprint density at radius 1 is 1.38 bits per heavy atom. The third-order valence-electron chi connectivity index (χ3n) is 2.74. The van der Waals surface area contributed by atoms with Gasteiger partial charge < -0.3 is 20.4 Å². The van der Waals surface area contributed by atoms with Crippen molar-refractivity contribution in [1.82, 2.24) is 14.9 Å². The Labute approximate surface area is 124 Å². The van der Waals surface area contributed by atoms with Crippen molar-refractivity contribution in [1.29, 1.82) is 0 Å². The summed E-state index contributed by atoms with van der Waals surface area (Å²) in [6.45, 7) is 9.83. The Hall–Kier alpha value is -2.05. The molecule has 3 N–H and O–H groups in total. The zero-order chi connectivity index (χ0) is 16.2. The van der Waals surface area contributed by atoms with Crippen molar-refractivity contribution in [2.45, 2.75) is 53.1 Å². The van der Waals surface area contributed by atoms with E-state index in [4.69, 9.17) is 10.5 Å². The molecule has 0 aliphatic carbocycles. The smallest absolute Gasteiger partial charge is 0.360 e. The number of imidazole rings is 1. The van der Waals surface area contributed by atoms with E-state index in [2.05, 4.69) is 10.3 Å².